The molecule has 31 heavy (non-hydrogen) atoms. The second-order valence-electron chi connectivity index (χ2n) is 7.35. The molecule has 3 aromatic rings. The fraction of sp³-hybridized carbons (Fsp3) is 0.231. The largest absolute Gasteiger partial charge is 0.339 e. The second kappa shape index (κ2) is 11.1. The molecule has 3 rings (SSSR count). The molecule has 0 aliphatic carbocycles. The lowest BCUT2D eigenvalue weighted by molar-refractivity contribution is -0.676. The molecule has 0 atom stereocenters. The predicted octanol–water partition coefficient (Wildman–Crippen LogP) is 3.46. The Labute approximate surface area is 184 Å². The first-order chi connectivity index (χ1) is 15.1. The molecule has 5 heteroatoms. The Morgan fingerprint density at radius 3 is 1.97 bits per heavy atom. The molecule has 3 N–H and O–H groups in total. The average molecular weight is 417 g/mol. The van der Waals surface area contributed by atoms with Gasteiger partial charge in [-0.25, -0.2) is 0 Å². The van der Waals surface area contributed by atoms with Crippen LogP contribution in [0.1, 0.15) is 41.4 Å². The van der Waals surface area contributed by atoms with Gasteiger partial charge < -0.3 is 15.5 Å². The average Bonchev–Trinajstić information content (AvgIpc) is 2.81. The van der Waals surface area contributed by atoms with Gasteiger partial charge in [0.15, 0.2) is 6.54 Å². The summed E-state index contributed by atoms with van der Waals surface area (Å²) < 4.78 is 0. The summed E-state index contributed by atoms with van der Waals surface area (Å²) in [5.74, 6) is -0.134. The topological polar surface area (TPSA) is 66.0 Å². The number of nitrogens with one attached hydrogen (secondary N) is 1. The molecule has 3 aromatic carbocycles. The van der Waals surface area contributed by atoms with E-state index in [0.717, 1.165) is 11.1 Å². The maximum Gasteiger partial charge on any atom is 0.279 e. The van der Waals surface area contributed by atoms with Crippen LogP contribution in [0, 0.1) is 0 Å². The monoisotopic (exact) mass is 416 g/mol. The highest BCUT2D eigenvalue weighted by molar-refractivity contribution is 5.97. The zero-order valence-electron chi connectivity index (χ0n) is 18.1. The molecule has 0 spiro atoms. The molecule has 5 nitrogen and oxygen atoms in total. The van der Waals surface area contributed by atoms with E-state index in [2.05, 4.69) is 29.6 Å². The van der Waals surface area contributed by atoms with Crippen molar-refractivity contribution < 1.29 is 14.9 Å². The van der Waals surface area contributed by atoms with Crippen LogP contribution in [-0.2, 0) is 4.79 Å². The number of nitrogens with two attached hydrogens (primary N) is 1. The van der Waals surface area contributed by atoms with E-state index >= 15 is 0 Å². The molecule has 0 saturated heterocycles. The van der Waals surface area contributed by atoms with Gasteiger partial charge in [0.05, 0.1) is 0 Å². The first-order valence-electron chi connectivity index (χ1n) is 10.7. The van der Waals surface area contributed by atoms with Gasteiger partial charge in [0.2, 0.25) is 0 Å². The summed E-state index contributed by atoms with van der Waals surface area (Å²) >= 11 is 0. The SMILES string of the molecule is CCN(CC)C(=O)c1cccc(NC(=O)C[NH2+]C(c2ccccc2)c2ccccc2)c1. The number of quaternary nitrogens is 1. The van der Waals surface area contributed by atoms with E-state index in [0.29, 0.717) is 24.3 Å². The van der Waals surface area contributed by atoms with E-state index < -0.39 is 0 Å². The van der Waals surface area contributed by atoms with Crippen LogP contribution in [0.4, 0.5) is 5.69 Å². The highest BCUT2D eigenvalue weighted by Crippen LogP contribution is 2.18. The van der Waals surface area contributed by atoms with Crippen molar-refractivity contribution in [3.05, 3.63) is 102 Å². The highest BCUT2D eigenvalue weighted by Gasteiger charge is 2.19. The number of hydrogen-bond acceptors (Lipinski definition) is 2. The number of nitrogens with zero attached hydrogens (tertiary/aromatic N) is 1. The number of carbonyl (C=O) groups excluding carboxylic acids is 2. The molecule has 2 amide bonds. The molecule has 160 valence electrons. The van der Waals surface area contributed by atoms with Crippen LogP contribution in [0.15, 0.2) is 84.9 Å². The molecule has 0 unspecified atom stereocenters. The first kappa shape index (κ1) is 22.2. The fourth-order valence-electron chi connectivity index (χ4n) is 3.65. The van der Waals surface area contributed by atoms with Gasteiger partial charge in [-0.15, -0.1) is 0 Å². The molecular weight excluding hydrogens is 386 g/mol. The minimum Gasteiger partial charge on any atom is -0.339 e. The quantitative estimate of drug-likeness (QED) is 0.561. The van der Waals surface area contributed by atoms with E-state index in [4.69, 9.17) is 0 Å². The van der Waals surface area contributed by atoms with Gasteiger partial charge >= 0.3 is 0 Å². The molecule has 0 saturated carbocycles. The van der Waals surface area contributed by atoms with Gasteiger partial charge in [0.1, 0.15) is 6.04 Å². The number of hydrogen-bond donors (Lipinski definition) is 2. The molecule has 0 aromatic heterocycles. The van der Waals surface area contributed by atoms with Crippen molar-refractivity contribution >= 4 is 17.5 Å². The normalized spacial score (nSPS) is 10.7. The Hall–Kier alpha value is -3.44. The van der Waals surface area contributed by atoms with Crippen LogP contribution >= 0.6 is 0 Å². The summed E-state index contributed by atoms with van der Waals surface area (Å²) in [5, 5.41) is 4.96. The van der Waals surface area contributed by atoms with E-state index in [1.807, 2.05) is 61.6 Å². The third-order valence-electron chi connectivity index (χ3n) is 5.30. The van der Waals surface area contributed by atoms with Crippen LogP contribution in [0.3, 0.4) is 0 Å². The molecule has 0 aliphatic rings. The van der Waals surface area contributed by atoms with E-state index in [1.54, 1.807) is 23.1 Å². The summed E-state index contributed by atoms with van der Waals surface area (Å²) in [4.78, 5) is 27.0. The van der Waals surface area contributed by atoms with Gasteiger partial charge in [-0.2, -0.15) is 0 Å². The van der Waals surface area contributed by atoms with Gasteiger partial charge in [0.25, 0.3) is 11.8 Å². The number of anilines is 1. The van der Waals surface area contributed by atoms with Crippen LogP contribution in [0.2, 0.25) is 0 Å². The standard InChI is InChI=1S/C26H29N3O2/c1-3-29(4-2)26(31)22-16-11-17-23(18-22)28-24(30)19-27-25(20-12-7-5-8-13-20)21-14-9-6-10-15-21/h5-18,25,27H,3-4,19H2,1-2H3,(H,28,30)/p+1. The zero-order valence-corrected chi connectivity index (χ0v) is 18.1. The molecule has 0 fully saturated rings. The van der Waals surface area contributed by atoms with Gasteiger partial charge in [0, 0.05) is 35.5 Å². The van der Waals surface area contributed by atoms with Gasteiger partial charge in [-0.1, -0.05) is 66.7 Å². The van der Waals surface area contributed by atoms with Crippen LogP contribution < -0.4 is 10.6 Å². The van der Waals surface area contributed by atoms with Crippen LogP contribution in [0.5, 0.6) is 0 Å². The van der Waals surface area contributed by atoms with Crippen molar-refractivity contribution in [2.24, 2.45) is 0 Å². The Balaban J connectivity index is 1.67. The van der Waals surface area contributed by atoms with Crippen molar-refractivity contribution in [2.75, 3.05) is 25.0 Å². The third-order valence-corrected chi connectivity index (χ3v) is 5.30. The molecule has 0 bridgehead atoms. The van der Waals surface area contributed by atoms with Crippen LogP contribution in [-0.4, -0.2) is 36.3 Å². The Bertz CT molecular complexity index is 946. The molecule has 0 radical (unpaired) electrons. The smallest absolute Gasteiger partial charge is 0.279 e. The number of carbonyl (C=O) groups is 2. The number of benzene rings is 3. The van der Waals surface area contributed by atoms with Crippen molar-refractivity contribution in [2.45, 2.75) is 19.9 Å². The Morgan fingerprint density at radius 1 is 0.839 bits per heavy atom. The lowest BCUT2D eigenvalue weighted by Gasteiger charge is -2.19. The first-order valence-corrected chi connectivity index (χ1v) is 10.7. The second-order valence-corrected chi connectivity index (χ2v) is 7.35. The summed E-state index contributed by atoms with van der Waals surface area (Å²) in [6.07, 6.45) is 0. The minimum atomic E-state index is -0.107. The van der Waals surface area contributed by atoms with Gasteiger partial charge in [-0.05, 0) is 32.0 Å². The highest BCUT2D eigenvalue weighted by atomic mass is 16.2. The fourth-order valence-corrected chi connectivity index (χ4v) is 3.65. The Kier molecular flexibility index (Phi) is 7.96. The van der Waals surface area contributed by atoms with Crippen LogP contribution in [0.25, 0.3) is 0 Å². The summed E-state index contributed by atoms with van der Waals surface area (Å²) in [5.41, 5.74) is 3.51. The lowest BCUT2D eigenvalue weighted by atomic mass is 9.99. The summed E-state index contributed by atoms with van der Waals surface area (Å²) in [6, 6.07) is 27.5. The van der Waals surface area contributed by atoms with Crippen molar-refractivity contribution in [1.29, 1.82) is 0 Å². The van der Waals surface area contributed by atoms with E-state index in [-0.39, 0.29) is 24.4 Å². The molecule has 0 heterocycles. The predicted molar refractivity (Wildman–Crippen MR) is 124 cm³/mol. The third kappa shape index (κ3) is 6.03. The number of amides is 2. The van der Waals surface area contributed by atoms with Crippen molar-refractivity contribution in [3.8, 4) is 0 Å². The zero-order chi connectivity index (χ0) is 22.1. The maximum atomic E-state index is 12.7. The summed E-state index contributed by atoms with van der Waals surface area (Å²) in [6.45, 7) is 5.49. The Morgan fingerprint density at radius 2 is 1.42 bits per heavy atom. The molecule has 0 aliphatic heterocycles. The summed E-state index contributed by atoms with van der Waals surface area (Å²) in [7, 11) is 0. The van der Waals surface area contributed by atoms with E-state index in [1.165, 1.54) is 0 Å². The van der Waals surface area contributed by atoms with Crippen molar-refractivity contribution in [1.82, 2.24) is 4.90 Å². The number of rotatable bonds is 9. The van der Waals surface area contributed by atoms with Gasteiger partial charge in [-0.3, -0.25) is 9.59 Å². The van der Waals surface area contributed by atoms with E-state index in [9.17, 15) is 9.59 Å². The van der Waals surface area contributed by atoms with Crippen molar-refractivity contribution in [3.63, 3.8) is 0 Å². The lowest BCUT2D eigenvalue weighted by Crippen LogP contribution is -2.87. The molecular formula is C26H30N3O2+. The maximum absolute atomic E-state index is 12.7. The minimum absolute atomic E-state index is 0.0270.